The molecule has 0 bridgehead atoms. The van der Waals surface area contributed by atoms with Gasteiger partial charge in [0.15, 0.2) is 0 Å². The fourth-order valence-corrected chi connectivity index (χ4v) is 1.32. The second-order valence-electron chi connectivity index (χ2n) is 2.70. The van der Waals surface area contributed by atoms with Gasteiger partial charge in [-0.2, -0.15) is 5.10 Å². The third kappa shape index (κ3) is 1.20. The first kappa shape index (κ1) is 8.77. The highest BCUT2D eigenvalue weighted by atomic mass is 16.4. The number of aromatic nitrogens is 2. The predicted molar refractivity (Wildman–Crippen MR) is 44.3 cm³/mol. The predicted octanol–water partition coefficient (Wildman–Crippen LogP) is 0.989. The molecule has 4 heteroatoms. The lowest BCUT2D eigenvalue weighted by Crippen LogP contribution is -2.06. The summed E-state index contributed by atoms with van der Waals surface area (Å²) in [6, 6.07) is 0. The van der Waals surface area contributed by atoms with Crippen LogP contribution in [0.2, 0.25) is 0 Å². The molecule has 1 rings (SSSR count). The molecule has 0 spiro atoms. The van der Waals surface area contributed by atoms with Crippen molar-refractivity contribution in [1.82, 2.24) is 9.78 Å². The first-order valence-corrected chi connectivity index (χ1v) is 3.83. The molecule has 66 valence electrons. The van der Waals surface area contributed by atoms with Crippen LogP contribution in [0.3, 0.4) is 0 Å². The third-order valence-corrected chi connectivity index (χ3v) is 1.92. The first-order valence-electron chi connectivity index (χ1n) is 3.83. The molecule has 4 nitrogen and oxygen atoms in total. The van der Waals surface area contributed by atoms with Gasteiger partial charge in [0, 0.05) is 12.6 Å². The maximum Gasteiger partial charge on any atom is 0.354 e. The molecule has 0 saturated heterocycles. The van der Waals surface area contributed by atoms with E-state index in [4.69, 9.17) is 5.11 Å². The summed E-state index contributed by atoms with van der Waals surface area (Å²) < 4.78 is 1.41. The van der Waals surface area contributed by atoms with Crippen molar-refractivity contribution in [2.24, 2.45) is 7.05 Å². The van der Waals surface area contributed by atoms with E-state index in [1.165, 1.54) is 4.68 Å². The Kier molecular flexibility index (Phi) is 2.17. The molecule has 0 aliphatic carbocycles. The summed E-state index contributed by atoms with van der Waals surface area (Å²) in [5.41, 5.74) is 1.91. The SMILES string of the molecule is CCc1nn(C)c(C(=O)O)c1C. The van der Waals surface area contributed by atoms with Gasteiger partial charge in [-0.05, 0) is 13.3 Å². The number of aromatic carboxylic acids is 1. The first-order chi connectivity index (χ1) is 5.57. The number of hydrogen-bond donors (Lipinski definition) is 1. The lowest BCUT2D eigenvalue weighted by atomic mass is 10.2. The third-order valence-electron chi connectivity index (χ3n) is 1.92. The number of carbonyl (C=O) groups is 1. The van der Waals surface area contributed by atoms with Crippen molar-refractivity contribution >= 4 is 5.97 Å². The highest BCUT2D eigenvalue weighted by Crippen LogP contribution is 2.12. The zero-order valence-electron chi connectivity index (χ0n) is 7.46. The minimum atomic E-state index is -0.915. The molecule has 0 radical (unpaired) electrons. The Morgan fingerprint density at radius 3 is 2.50 bits per heavy atom. The summed E-state index contributed by atoms with van der Waals surface area (Å²) in [6.45, 7) is 3.75. The van der Waals surface area contributed by atoms with Gasteiger partial charge >= 0.3 is 5.97 Å². The molecular weight excluding hydrogens is 156 g/mol. The van der Waals surface area contributed by atoms with Crippen LogP contribution < -0.4 is 0 Å². The van der Waals surface area contributed by atoms with E-state index in [-0.39, 0.29) is 5.69 Å². The fourth-order valence-electron chi connectivity index (χ4n) is 1.32. The van der Waals surface area contributed by atoms with Crippen molar-refractivity contribution in [2.45, 2.75) is 20.3 Å². The summed E-state index contributed by atoms with van der Waals surface area (Å²) in [5, 5.41) is 12.9. The molecule has 0 fully saturated rings. The highest BCUT2D eigenvalue weighted by molar-refractivity contribution is 5.87. The van der Waals surface area contributed by atoms with Gasteiger partial charge in [0.2, 0.25) is 0 Å². The summed E-state index contributed by atoms with van der Waals surface area (Å²) in [6.07, 6.45) is 0.771. The number of hydrogen-bond acceptors (Lipinski definition) is 2. The Balaban J connectivity index is 3.28. The number of nitrogens with zero attached hydrogens (tertiary/aromatic N) is 2. The van der Waals surface area contributed by atoms with Gasteiger partial charge in [0.1, 0.15) is 5.69 Å². The number of carboxylic acids is 1. The fraction of sp³-hybridized carbons (Fsp3) is 0.500. The van der Waals surface area contributed by atoms with Gasteiger partial charge in [-0.25, -0.2) is 4.79 Å². The van der Waals surface area contributed by atoms with E-state index in [9.17, 15) is 4.79 Å². The summed E-state index contributed by atoms with van der Waals surface area (Å²) in [4.78, 5) is 10.7. The second-order valence-corrected chi connectivity index (χ2v) is 2.70. The van der Waals surface area contributed by atoms with Gasteiger partial charge in [-0.1, -0.05) is 6.92 Å². The van der Waals surface area contributed by atoms with Crippen LogP contribution in [0.4, 0.5) is 0 Å². The molecule has 0 saturated carbocycles. The summed E-state index contributed by atoms with van der Waals surface area (Å²) in [7, 11) is 1.65. The number of aryl methyl sites for hydroxylation is 2. The molecular formula is C8H12N2O2. The lowest BCUT2D eigenvalue weighted by molar-refractivity contribution is 0.0684. The molecule has 0 aliphatic heterocycles. The van der Waals surface area contributed by atoms with E-state index < -0.39 is 5.97 Å². The van der Waals surface area contributed by atoms with Crippen molar-refractivity contribution in [1.29, 1.82) is 0 Å². The Bertz CT molecular complexity index is 315. The van der Waals surface area contributed by atoms with E-state index in [1.54, 1.807) is 14.0 Å². The Hall–Kier alpha value is -1.32. The van der Waals surface area contributed by atoms with Crippen LogP contribution in [0.5, 0.6) is 0 Å². The van der Waals surface area contributed by atoms with Gasteiger partial charge in [0.25, 0.3) is 0 Å². The van der Waals surface area contributed by atoms with E-state index in [0.29, 0.717) is 0 Å². The maximum absolute atomic E-state index is 10.7. The summed E-state index contributed by atoms with van der Waals surface area (Å²) in [5.74, 6) is -0.915. The van der Waals surface area contributed by atoms with Crippen molar-refractivity contribution < 1.29 is 9.90 Å². The monoisotopic (exact) mass is 168 g/mol. The van der Waals surface area contributed by atoms with Gasteiger partial charge in [0.05, 0.1) is 5.69 Å². The molecule has 0 amide bonds. The van der Waals surface area contributed by atoms with Crippen LogP contribution >= 0.6 is 0 Å². The minimum absolute atomic E-state index is 0.284. The van der Waals surface area contributed by atoms with Crippen LogP contribution in [-0.2, 0) is 13.5 Å². The zero-order valence-corrected chi connectivity index (χ0v) is 7.46. The van der Waals surface area contributed by atoms with Crippen molar-refractivity contribution in [2.75, 3.05) is 0 Å². The summed E-state index contributed by atoms with van der Waals surface area (Å²) >= 11 is 0. The molecule has 0 aliphatic rings. The van der Waals surface area contributed by atoms with E-state index in [0.717, 1.165) is 17.7 Å². The Morgan fingerprint density at radius 1 is 1.67 bits per heavy atom. The minimum Gasteiger partial charge on any atom is -0.477 e. The smallest absolute Gasteiger partial charge is 0.354 e. The number of carboxylic acid groups (broad SMARTS) is 1. The number of rotatable bonds is 2. The van der Waals surface area contributed by atoms with Gasteiger partial charge in [-0.15, -0.1) is 0 Å². The zero-order chi connectivity index (χ0) is 9.30. The largest absolute Gasteiger partial charge is 0.477 e. The van der Waals surface area contributed by atoms with E-state index in [1.807, 2.05) is 6.92 Å². The van der Waals surface area contributed by atoms with E-state index >= 15 is 0 Å². The average molecular weight is 168 g/mol. The van der Waals surface area contributed by atoms with Gasteiger partial charge in [-0.3, -0.25) is 4.68 Å². The Labute approximate surface area is 70.8 Å². The lowest BCUT2D eigenvalue weighted by Gasteiger charge is -1.94. The standard InChI is InChI=1S/C8H12N2O2/c1-4-6-5(2)7(8(11)12)10(3)9-6/h4H2,1-3H3,(H,11,12). The van der Waals surface area contributed by atoms with Gasteiger partial charge < -0.3 is 5.11 Å². The second kappa shape index (κ2) is 2.97. The highest BCUT2D eigenvalue weighted by Gasteiger charge is 2.16. The maximum atomic E-state index is 10.7. The average Bonchev–Trinajstić information content (AvgIpc) is 2.25. The molecule has 0 unspecified atom stereocenters. The van der Waals surface area contributed by atoms with Crippen LogP contribution in [0.25, 0.3) is 0 Å². The van der Waals surface area contributed by atoms with Crippen molar-refractivity contribution in [3.63, 3.8) is 0 Å². The molecule has 1 aromatic rings. The molecule has 12 heavy (non-hydrogen) atoms. The van der Waals surface area contributed by atoms with Crippen LogP contribution in [0.1, 0.15) is 28.7 Å². The molecule has 1 N–H and O–H groups in total. The van der Waals surface area contributed by atoms with Crippen LogP contribution in [-0.4, -0.2) is 20.9 Å². The van der Waals surface area contributed by atoms with Crippen LogP contribution in [0.15, 0.2) is 0 Å². The van der Waals surface area contributed by atoms with Crippen molar-refractivity contribution in [3.05, 3.63) is 17.0 Å². The normalized spacial score (nSPS) is 10.2. The quantitative estimate of drug-likeness (QED) is 0.716. The topological polar surface area (TPSA) is 55.1 Å². The molecule has 0 aromatic carbocycles. The molecule has 1 heterocycles. The van der Waals surface area contributed by atoms with Crippen LogP contribution in [0, 0.1) is 6.92 Å². The molecule has 0 atom stereocenters. The van der Waals surface area contributed by atoms with E-state index in [2.05, 4.69) is 5.10 Å². The molecule has 1 aromatic heterocycles. The Morgan fingerprint density at radius 2 is 2.25 bits per heavy atom. The van der Waals surface area contributed by atoms with Crippen molar-refractivity contribution in [3.8, 4) is 0 Å².